The molecule has 3 atom stereocenters. The van der Waals surface area contributed by atoms with Gasteiger partial charge in [0.15, 0.2) is 0 Å². The average molecular weight is 598 g/mol. The number of nitrogens with zero attached hydrogens (tertiary/aromatic N) is 1. The fourth-order valence-corrected chi connectivity index (χ4v) is 6.88. The predicted molar refractivity (Wildman–Crippen MR) is 159 cm³/mol. The second-order valence-corrected chi connectivity index (χ2v) is 12.9. The van der Waals surface area contributed by atoms with Crippen LogP contribution in [0.2, 0.25) is 5.02 Å². The lowest BCUT2D eigenvalue weighted by Crippen LogP contribution is -2.58. The van der Waals surface area contributed by atoms with E-state index in [2.05, 4.69) is 5.32 Å². The standard InChI is InChI=1S/C32H40ClN3O6/c1-31(2,3)42-30(41)35-17-19-13-15-21(16-14-19)27(37)36-18-24(22-11-8-12-23(26(22)33)28(38)39)25(32(36,4)29(34)40)20-9-6-5-7-10-20/h5-12,19,21,24-25H,13-18H2,1-4H3,(H2,34,40)(H,35,41)(H,38,39)/t19-,21-,24?,25-,32+/m1/s1. The number of hydrogen-bond acceptors (Lipinski definition) is 5. The van der Waals surface area contributed by atoms with Gasteiger partial charge in [0.25, 0.3) is 0 Å². The van der Waals surface area contributed by atoms with Crippen LogP contribution in [0, 0.1) is 11.8 Å². The van der Waals surface area contributed by atoms with Crippen molar-refractivity contribution in [2.75, 3.05) is 13.1 Å². The van der Waals surface area contributed by atoms with Gasteiger partial charge in [-0.1, -0.05) is 54.1 Å². The molecular formula is C32H40ClN3O6. The van der Waals surface area contributed by atoms with Crippen LogP contribution in [0.1, 0.15) is 86.7 Å². The molecule has 9 nitrogen and oxygen atoms in total. The van der Waals surface area contributed by atoms with Crippen LogP contribution in [0.15, 0.2) is 48.5 Å². The van der Waals surface area contributed by atoms with Gasteiger partial charge in [-0.25, -0.2) is 9.59 Å². The maximum atomic E-state index is 14.2. The van der Waals surface area contributed by atoms with Gasteiger partial charge in [0.2, 0.25) is 11.8 Å². The highest BCUT2D eigenvalue weighted by Gasteiger charge is 2.58. The van der Waals surface area contributed by atoms with Crippen LogP contribution in [0.4, 0.5) is 4.79 Å². The summed E-state index contributed by atoms with van der Waals surface area (Å²) in [6.45, 7) is 7.77. The fourth-order valence-electron chi connectivity index (χ4n) is 6.53. The highest BCUT2D eigenvalue weighted by molar-refractivity contribution is 6.34. The highest BCUT2D eigenvalue weighted by Crippen LogP contribution is 2.52. The Morgan fingerprint density at radius 2 is 1.69 bits per heavy atom. The number of amides is 3. The van der Waals surface area contributed by atoms with Crippen molar-refractivity contribution in [3.63, 3.8) is 0 Å². The van der Waals surface area contributed by atoms with Crippen LogP contribution < -0.4 is 11.1 Å². The summed E-state index contributed by atoms with van der Waals surface area (Å²) in [6, 6.07) is 14.2. The average Bonchev–Trinajstić information content (AvgIpc) is 3.25. The van der Waals surface area contributed by atoms with Gasteiger partial charge >= 0.3 is 12.1 Å². The third kappa shape index (κ3) is 6.41. The molecule has 1 aliphatic heterocycles. The van der Waals surface area contributed by atoms with Crippen LogP contribution in [0.3, 0.4) is 0 Å². The maximum Gasteiger partial charge on any atom is 0.407 e. The maximum absolute atomic E-state index is 14.2. The van der Waals surface area contributed by atoms with Gasteiger partial charge in [0, 0.05) is 30.8 Å². The Balaban J connectivity index is 1.59. The normalized spacial score (nSPS) is 26.0. The lowest BCUT2D eigenvalue weighted by molar-refractivity contribution is -0.147. The summed E-state index contributed by atoms with van der Waals surface area (Å²) in [5.74, 6) is -3.04. The summed E-state index contributed by atoms with van der Waals surface area (Å²) < 4.78 is 5.33. The third-order valence-electron chi connectivity index (χ3n) is 8.66. The van der Waals surface area contributed by atoms with Gasteiger partial charge in [-0.3, -0.25) is 9.59 Å². The largest absolute Gasteiger partial charge is 0.478 e. The minimum absolute atomic E-state index is 0.0372. The zero-order chi connectivity index (χ0) is 30.8. The molecular weight excluding hydrogens is 558 g/mol. The number of rotatable bonds is 7. The van der Waals surface area contributed by atoms with E-state index in [4.69, 9.17) is 22.1 Å². The number of ether oxygens (including phenoxy) is 1. The molecule has 1 aliphatic carbocycles. The van der Waals surface area contributed by atoms with E-state index in [1.54, 1.807) is 24.0 Å². The topological polar surface area (TPSA) is 139 Å². The summed E-state index contributed by atoms with van der Waals surface area (Å²) in [5.41, 5.74) is 5.48. The van der Waals surface area contributed by atoms with Gasteiger partial charge in [-0.15, -0.1) is 0 Å². The second kappa shape index (κ2) is 12.3. The first kappa shape index (κ1) is 31.3. The Bertz CT molecular complexity index is 1340. The van der Waals surface area contributed by atoms with E-state index in [-0.39, 0.29) is 34.9 Å². The molecule has 10 heteroatoms. The first-order valence-electron chi connectivity index (χ1n) is 14.4. The second-order valence-electron chi connectivity index (χ2n) is 12.6. The van der Waals surface area contributed by atoms with E-state index < -0.39 is 40.9 Å². The first-order valence-corrected chi connectivity index (χ1v) is 14.8. The molecule has 1 saturated heterocycles. The number of carbonyl (C=O) groups is 4. The number of nitrogens with one attached hydrogen (secondary N) is 1. The van der Waals surface area contributed by atoms with Gasteiger partial charge in [0.1, 0.15) is 11.1 Å². The lowest BCUT2D eigenvalue weighted by Gasteiger charge is -2.40. The van der Waals surface area contributed by atoms with Crippen molar-refractivity contribution < 1.29 is 29.0 Å². The van der Waals surface area contributed by atoms with E-state index in [1.165, 1.54) is 6.07 Å². The van der Waals surface area contributed by atoms with Crippen molar-refractivity contribution >= 4 is 35.5 Å². The Morgan fingerprint density at radius 1 is 1.05 bits per heavy atom. The predicted octanol–water partition coefficient (Wildman–Crippen LogP) is 5.32. The molecule has 2 fully saturated rings. The molecule has 226 valence electrons. The van der Waals surface area contributed by atoms with Gasteiger partial charge in [-0.2, -0.15) is 0 Å². The Kier molecular flexibility index (Phi) is 9.21. The minimum Gasteiger partial charge on any atom is -0.478 e. The molecule has 4 N–H and O–H groups in total. The van der Waals surface area contributed by atoms with Crippen molar-refractivity contribution in [3.8, 4) is 0 Å². The number of carbonyl (C=O) groups excluding carboxylic acids is 3. The minimum atomic E-state index is -1.37. The molecule has 1 unspecified atom stereocenters. The fraction of sp³-hybridized carbons (Fsp3) is 0.500. The summed E-state index contributed by atoms with van der Waals surface area (Å²) in [5, 5.41) is 12.6. The number of carboxylic acids is 1. The molecule has 0 radical (unpaired) electrons. The van der Waals surface area contributed by atoms with Crippen LogP contribution in [-0.4, -0.2) is 58.1 Å². The van der Waals surface area contributed by atoms with Crippen molar-refractivity contribution in [1.29, 1.82) is 0 Å². The SMILES string of the molecule is CC(C)(C)OC(=O)NC[C@H]1CC[C@H](C(=O)N2CC(c3cccc(C(=O)O)c3Cl)[C@@H](c3ccccc3)[C@@]2(C)C(N)=O)CC1. The van der Waals surface area contributed by atoms with E-state index in [0.717, 1.165) is 18.4 Å². The van der Waals surface area contributed by atoms with Crippen LogP contribution in [-0.2, 0) is 14.3 Å². The van der Waals surface area contributed by atoms with Crippen molar-refractivity contribution in [1.82, 2.24) is 10.2 Å². The molecule has 3 amide bonds. The lowest BCUT2D eigenvalue weighted by atomic mass is 9.73. The number of halogens is 1. The number of hydrogen-bond donors (Lipinski definition) is 3. The number of benzene rings is 2. The highest BCUT2D eigenvalue weighted by atomic mass is 35.5. The molecule has 42 heavy (non-hydrogen) atoms. The summed E-state index contributed by atoms with van der Waals surface area (Å²) in [7, 11) is 0. The molecule has 2 aromatic carbocycles. The number of aromatic carboxylic acids is 1. The summed E-state index contributed by atoms with van der Waals surface area (Å²) >= 11 is 6.65. The monoisotopic (exact) mass is 597 g/mol. The molecule has 1 heterocycles. The van der Waals surface area contributed by atoms with E-state index in [9.17, 15) is 24.3 Å². The van der Waals surface area contributed by atoms with Crippen molar-refractivity contribution in [2.45, 2.75) is 76.4 Å². The van der Waals surface area contributed by atoms with E-state index in [1.807, 2.05) is 51.1 Å². The molecule has 0 aromatic heterocycles. The van der Waals surface area contributed by atoms with Crippen LogP contribution >= 0.6 is 11.6 Å². The zero-order valence-electron chi connectivity index (χ0n) is 24.6. The van der Waals surface area contributed by atoms with Crippen molar-refractivity contribution in [2.24, 2.45) is 17.6 Å². The Morgan fingerprint density at radius 3 is 2.26 bits per heavy atom. The molecule has 0 bridgehead atoms. The molecule has 1 saturated carbocycles. The van der Waals surface area contributed by atoms with E-state index >= 15 is 0 Å². The number of carboxylic acid groups (broad SMARTS) is 1. The summed E-state index contributed by atoms with van der Waals surface area (Å²) in [4.78, 5) is 53.0. The quantitative estimate of drug-likeness (QED) is 0.395. The van der Waals surface area contributed by atoms with Gasteiger partial charge < -0.3 is 25.8 Å². The molecule has 0 spiro atoms. The smallest absolute Gasteiger partial charge is 0.407 e. The third-order valence-corrected chi connectivity index (χ3v) is 9.08. The molecule has 2 aliphatic rings. The molecule has 4 rings (SSSR count). The number of alkyl carbamates (subject to hydrolysis) is 1. The van der Waals surface area contributed by atoms with Gasteiger partial charge in [0.05, 0.1) is 10.6 Å². The number of primary amides is 1. The molecule has 2 aromatic rings. The Labute approximate surface area is 251 Å². The Hall–Kier alpha value is -3.59. The summed E-state index contributed by atoms with van der Waals surface area (Å²) in [6.07, 6.45) is 2.25. The van der Waals surface area contributed by atoms with Crippen molar-refractivity contribution in [3.05, 3.63) is 70.2 Å². The number of nitrogens with two attached hydrogens (primary N) is 1. The zero-order valence-corrected chi connectivity index (χ0v) is 25.3. The van der Waals surface area contributed by atoms with E-state index in [0.29, 0.717) is 24.9 Å². The van der Waals surface area contributed by atoms with Crippen LogP contribution in [0.25, 0.3) is 0 Å². The van der Waals surface area contributed by atoms with Crippen LogP contribution in [0.5, 0.6) is 0 Å². The van der Waals surface area contributed by atoms with Gasteiger partial charge in [-0.05, 0) is 76.5 Å². The number of likely N-dealkylation sites (tertiary alicyclic amines) is 1. The first-order chi connectivity index (χ1) is 19.7.